The van der Waals surface area contributed by atoms with Gasteiger partial charge < -0.3 is 10.3 Å². The summed E-state index contributed by atoms with van der Waals surface area (Å²) in [6.07, 6.45) is 2.44. The van der Waals surface area contributed by atoms with E-state index in [4.69, 9.17) is 5.73 Å². The maximum Gasteiger partial charge on any atom is 0.0515 e. The second-order valence-electron chi connectivity index (χ2n) is 4.95. The zero-order chi connectivity index (χ0) is 11.3. The lowest BCUT2D eigenvalue weighted by atomic mass is 9.98. The Labute approximate surface area is 96.1 Å². The van der Waals surface area contributed by atoms with Crippen molar-refractivity contribution in [2.24, 2.45) is 5.73 Å². The number of benzene rings is 1. The normalized spacial score (nSPS) is 16.7. The van der Waals surface area contributed by atoms with Gasteiger partial charge in [-0.3, -0.25) is 0 Å². The van der Waals surface area contributed by atoms with Crippen molar-refractivity contribution in [2.75, 3.05) is 0 Å². The Balaban J connectivity index is 2.35. The van der Waals surface area contributed by atoms with Gasteiger partial charge in [-0.05, 0) is 49.9 Å². The number of hydrogen-bond donors (Lipinski definition) is 1. The molecule has 0 amide bonds. The van der Waals surface area contributed by atoms with Gasteiger partial charge in [0.2, 0.25) is 0 Å². The SMILES string of the molecule is Cc1cc2cc(C(C)N)cc3c2n1CCC3. The fourth-order valence-electron chi connectivity index (χ4n) is 2.83. The lowest BCUT2D eigenvalue weighted by molar-refractivity contribution is 0.622. The minimum atomic E-state index is 0.131. The molecule has 2 aromatic rings. The molecule has 0 aliphatic carbocycles. The van der Waals surface area contributed by atoms with E-state index in [9.17, 15) is 0 Å². The first-order valence-corrected chi connectivity index (χ1v) is 6.05. The van der Waals surface area contributed by atoms with E-state index < -0.39 is 0 Å². The first-order chi connectivity index (χ1) is 7.66. The molecule has 16 heavy (non-hydrogen) atoms. The predicted octanol–water partition coefficient (Wildman–Crippen LogP) is 2.92. The second kappa shape index (κ2) is 3.36. The van der Waals surface area contributed by atoms with Crippen LogP contribution in [0.15, 0.2) is 18.2 Å². The summed E-state index contributed by atoms with van der Waals surface area (Å²) in [7, 11) is 0. The Morgan fingerprint density at radius 2 is 2.12 bits per heavy atom. The zero-order valence-electron chi connectivity index (χ0n) is 9.96. The lowest BCUT2D eigenvalue weighted by Crippen LogP contribution is -2.11. The highest BCUT2D eigenvalue weighted by Gasteiger charge is 2.16. The molecule has 2 nitrogen and oxygen atoms in total. The smallest absolute Gasteiger partial charge is 0.0515 e. The molecule has 1 aliphatic heterocycles. The highest BCUT2D eigenvalue weighted by molar-refractivity contribution is 5.86. The maximum absolute atomic E-state index is 5.98. The molecule has 1 aromatic heterocycles. The van der Waals surface area contributed by atoms with Crippen LogP contribution in [0, 0.1) is 6.92 Å². The predicted molar refractivity (Wildman–Crippen MR) is 67.6 cm³/mol. The summed E-state index contributed by atoms with van der Waals surface area (Å²) < 4.78 is 2.44. The van der Waals surface area contributed by atoms with Gasteiger partial charge >= 0.3 is 0 Å². The van der Waals surface area contributed by atoms with Crippen LogP contribution in [-0.4, -0.2) is 4.57 Å². The molecule has 0 bridgehead atoms. The third-order valence-electron chi connectivity index (χ3n) is 3.65. The molecule has 0 radical (unpaired) electrons. The average Bonchev–Trinajstić information content (AvgIpc) is 2.58. The molecule has 2 heterocycles. The Bertz CT molecular complexity index is 549. The zero-order valence-corrected chi connectivity index (χ0v) is 9.96. The maximum atomic E-state index is 5.98. The van der Waals surface area contributed by atoms with E-state index in [2.05, 4.69) is 36.6 Å². The number of hydrogen-bond acceptors (Lipinski definition) is 1. The summed E-state index contributed by atoms with van der Waals surface area (Å²) in [6.45, 7) is 5.42. The van der Waals surface area contributed by atoms with Crippen LogP contribution in [0.25, 0.3) is 10.9 Å². The molecular formula is C14H18N2. The Hall–Kier alpha value is -1.28. The fourth-order valence-corrected chi connectivity index (χ4v) is 2.83. The summed E-state index contributed by atoms with van der Waals surface area (Å²) in [5.41, 5.74) is 11.5. The van der Waals surface area contributed by atoms with Gasteiger partial charge in [0.05, 0.1) is 5.52 Å². The van der Waals surface area contributed by atoms with Gasteiger partial charge in [-0.15, -0.1) is 0 Å². The van der Waals surface area contributed by atoms with Gasteiger partial charge in [-0.25, -0.2) is 0 Å². The van der Waals surface area contributed by atoms with Crippen molar-refractivity contribution in [3.05, 3.63) is 35.0 Å². The molecule has 0 fully saturated rings. The fraction of sp³-hybridized carbons (Fsp3) is 0.429. The number of aryl methyl sites for hydroxylation is 3. The van der Waals surface area contributed by atoms with Gasteiger partial charge in [0.15, 0.2) is 0 Å². The van der Waals surface area contributed by atoms with Crippen LogP contribution < -0.4 is 5.73 Å². The molecule has 84 valence electrons. The third kappa shape index (κ3) is 1.30. The Morgan fingerprint density at radius 3 is 2.88 bits per heavy atom. The average molecular weight is 214 g/mol. The van der Waals surface area contributed by atoms with E-state index in [1.54, 1.807) is 0 Å². The first-order valence-electron chi connectivity index (χ1n) is 6.05. The highest BCUT2D eigenvalue weighted by Crippen LogP contribution is 2.31. The van der Waals surface area contributed by atoms with Crippen molar-refractivity contribution < 1.29 is 0 Å². The van der Waals surface area contributed by atoms with Crippen LogP contribution in [0.5, 0.6) is 0 Å². The molecule has 2 N–H and O–H groups in total. The summed E-state index contributed by atoms with van der Waals surface area (Å²) >= 11 is 0. The minimum Gasteiger partial charge on any atom is -0.345 e. The van der Waals surface area contributed by atoms with Crippen molar-refractivity contribution in [2.45, 2.75) is 39.3 Å². The van der Waals surface area contributed by atoms with Crippen molar-refractivity contribution in [3.63, 3.8) is 0 Å². The number of rotatable bonds is 1. The largest absolute Gasteiger partial charge is 0.345 e. The van der Waals surface area contributed by atoms with Crippen LogP contribution in [0.1, 0.15) is 36.2 Å². The topological polar surface area (TPSA) is 30.9 Å². The molecule has 1 unspecified atom stereocenters. The Morgan fingerprint density at radius 1 is 1.31 bits per heavy atom. The summed E-state index contributed by atoms with van der Waals surface area (Å²) in [4.78, 5) is 0. The van der Waals surface area contributed by atoms with Crippen molar-refractivity contribution in [3.8, 4) is 0 Å². The lowest BCUT2D eigenvalue weighted by Gasteiger charge is -2.18. The number of nitrogens with zero attached hydrogens (tertiary/aromatic N) is 1. The van der Waals surface area contributed by atoms with E-state index in [0.717, 1.165) is 0 Å². The van der Waals surface area contributed by atoms with Gasteiger partial charge in [-0.1, -0.05) is 6.07 Å². The minimum absolute atomic E-state index is 0.131. The number of nitrogens with two attached hydrogens (primary N) is 1. The molecular weight excluding hydrogens is 196 g/mol. The molecule has 3 rings (SSSR count). The summed E-state index contributed by atoms with van der Waals surface area (Å²) in [5.74, 6) is 0. The van der Waals surface area contributed by atoms with E-state index >= 15 is 0 Å². The standard InChI is InChI=1S/C14H18N2/c1-9-6-13-8-12(10(2)15)7-11-4-3-5-16(9)14(11)13/h6-8,10H,3-5,15H2,1-2H3. The van der Waals surface area contributed by atoms with Gasteiger partial charge in [0.25, 0.3) is 0 Å². The van der Waals surface area contributed by atoms with Crippen molar-refractivity contribution >= 4 is 10.9 Å². The number of aromatic nitrogens is 1. The van der Waals surface area contributed by atoms with Crippen LogP contribution in [0.2, 0.25) is 0 Å². The molecule has 0 saturated heterocycles. The third-order valence-corrected chi connectivity index (χ3v) is 3.65. The molecule has 1 atom stereocenters. The van der Waals surface area contributed by atoms with Crippen molar-refractivity contribution in [1.29, 1.82) is 0 Å². The van der Waals surface area contributed by atoms with Gasteiger partial charge in [0, 0.05) is 23.7 Å². The molecule has 0 spiro atoms. The molecule has 2 heteroatoms. The molecule has 0 saturated carbocycles. The quantitative estimate of drug-likeness (QED) is 0.777. The molecule has 1 aliphatic rings. The van der Waals surface area contributed by atoms with E-state index in [1.165, 1.54) is 47.1 Å². The summed E-state index contributed by atoms with van der Waals surface area (Å²) in [6, 6.07) is 6.96. The van der Waals surface area contributed by atoms with Gasteiger partial charge in [0.1, 0.15) is 0 Å². The highest BCUT2D eigenvalue weighted by atomic mass is 15.0. The molecule has 1 aromatic carbocycles. The Kier molecular flexibility index (Phi) is 2.08. The van der Waals surface area contributed by atoms with Gasteiger partial charge in [-0.2, -0.15) is 0 Å². The van der Waals surface area contributed by atoms with Crippen LogP contribution in [0.3, 0.4) is 0 Å². The van der Waals surface area contributed by atoms with Crippen LogP contribution >= 0.6 is 0 Å². The van der Waals surface area contributed by atoms with Crippen LogP contribution in [-0.2, 0) is 13.0 Å². The van der Waals surface area contributed by atoms with E-state index in [1.807, 2.05) is 0 Å². The van der Waals surface area contributed by atoms with Crippen molar-refractivity contribution in [1.82, 2.24) is 4.57 Å². The monoisotopic (exact) mass is 214 g/mol. The second-order valence-corrected chi connectivity index (χ2v) is 4.95. The summed E-state index contributed by atoms with van der Waals surface area (Å²) in [5, 5.41) is 1.36. The van der Waals surface area contributed by atoms with E-state index in [-0.39, 0.29) is 6.04 Å². The van der Waals surface area contributed by atoms with E-state index in [0.29, 0.717) is 0 Å². The first kappa shape index (κ1) is 9.91. The van der Waals surface area contributed by atoms with Crippen LogP contribution in [0.4, 0.5) is 0 Å².